The second kappa shape index (κ2) is 10.7. The molecule has 0 amide bonds. The minimum Gasteiger partial charge on any atom is -0.490 e. The largest absolute Gasteiger partial charge is 0.490 e. The van der Waals surface area contributed by atoms with E-state index in [1.165, 1.54) is 12.1 Å². The van der Waals surface area contributed by atoms with Crippen LogP contribution in [0.2, 0.25) is 0 Å². The number of terminal acetylenes is 1. The Morgan fingerprint density at radius 2 is 1.92 bits per heavy atom. The van der Waals surface area contributed by atoms with Crippen molar-refractivity contribution in [2.24, 2.45) is 0 Å². The molecule has 0 aliphatic heterocycles. The second-order valence-electron chi connectivity index (χ2n) is 8.88. The molecule has 36 heavy (non-hydrogen) atoms. The van der Waals surface area contributed by atoms with Gasteiger partial charge in [0.2, 0.25) is 0 Å². The smallest absolute Gasteiger partial charge is 0.303 e. The maximum absolute atomic E-state index is 15.3. The van der Waals surface area contributed by atoms with Gasteiger partial charge in [0.15, 0.2) is 0 Å². The third kappa shape index (κ3) is 5.55. The van der Waals surface area contributed by atoms with Gasteiger partial charge in [0.05, 0.1) is 29.3 Å². The summed E-state index contributed by atoms with van der Waals surface area (Å²) in [6.45, 7) is 8.31. The maximum Gasteiger partial charge on any atom is 0.303 e. The first-order valence-electron chi connectivity index (χ1n) is 11.6. The van der Waals surface area contributed by atoms with Crippen LogP contribution in [0.5, 0.6) is 5.75 Å². The Labute approximate surface area is 208 Å². The van der Waals surface area contributed by atoms with Crippen molar-refractivity contribution in [3.8, 4) is 18.1 Å². The van der Waals surface area contributed by atoms with Gasteiger partial charge in [0.25, 0.3) is 0 Å². The number of benzene rings is 2. The van der Waals surface area contributed by atoms with Gasteiger partial charge in [-0.15, -0.1) is 6.42 Å². The van der Waals surface area contributed by atoms with Crippen LogP contribution in [0.4, 0.5) is 19.0 Å². The molecule has 3 rings (SSSR count). The first kappa shape index (κ1) is 27.2. The molecule has 0 unspecified atom stereocenters. The molecule has 0 aliphatic carbocycles. The van der Waals surface area contributed by atoms with E-state index in [1.807, 2.05) is 6.92 Å². The van der Waals surface area contributed by atoms with Crippen LogP contribution in [0.25, 0.3) is 10.9 Å². The van der Waals surface area contributed by atoms with Gasteiger partial charge in [0, 0.05) is 17.6 Å². The number of fused-ring (bicyclic) bond motifs is 1. The Balaban J connectivity index is 2.01. The average Bonchev–Trinajstić information content (AvgIpc) is 2.80. The molecule has 0 aliphatic rings. The molecular weight excluding hydrogens is 471 g/mol. The van der Waals surface area contributed by atoms with Crippen LogP contribution >= 0.6 is 0 Å². The minimum absolute atomic E-state index is 0.00530. The van der Waals surface area contributed by atoms with Crippen molar-refractivity contribution < 1.29 is 27.8 Å². The normalized spacial score (nSPS) is 12.9. The van der Waals surface area contributed by atoms with Crippen LogP contribution in [0, 0.1) is 25.1 Å². The van der Waals surface area contributed by atoms with Crippen molar-refractivity contribution in [1.82, 2.24) is 9.97 Å². The van der Waals surface area contributed by atoms with Crippen LogP contribution in [-0.4, -0.2) is 40.5 Å². The zero-order valence-corrected chi connectivity index (χ0v) is 21.0. The standard InChI is InChI=1S/C27H30F3N3O3/c1-7-18-14-22-20(15-23(18)36-13-12-35-8-2)25(33-17(4)32-22)31-16(3)19-10-9-11-21(24(19)28)27(29,30)26(5,6)34/h1,9-11,14-16,34H,8,12-13H2,2-6H3,(H,31,32,33)/t16-/m1/s1. The molecule has 192 valence electrons. The fraction of sp³-hybridized carbons (Fsp3) is 0.407. The second-order valence-corrected chi connectivity index (χ2v) is 8.88. The number of anilines is 1. The van der Waals surface area contributed by atoms with Crippen LogP contribution in [0.1, 0.15) is 56.3 Å². The molecule has 9 heteroatoms. The van der Waals surface area contributed by atoms with Crippen molar-refractivity contribution in [2.45, 2.75) is 52.2 Å². The number of nitrogens with zero attached hydrogens (tertiary/aromatic N) is 2. The molecule has 0 spiro atoms. The number of rotatable bonds is 10. The summed E-state index contributed by atoms with van der Waals surface area (Å²) in [4.78, 5) is 8.89. The lowest BCUT2D eigenvalue weighted by Crippen LogP contribution is -2.41. The number of hydrogen-bond acceptors (Lipinski definition) is 6. The Hall–Kier alpha value is -3.35. The molecule has 1 heterocycles. The maximum atomic E-state index is 15.3. The summed E-state index contributed by atoms with van der Waals surface area (Å²) in [5.74, 6) is -1.08. The quantitative estimate of drug-likeness (QED) is 0.282. The Morgan fingerprint density at radius 1 is 1.19 bits per heavy atom. The zero-order valence-electron chi connectivity index (χ0n) is 21.0. The van der Waals surface area contributed by atoms with E-state index in [4.69, 9.17) is 15.9 Å². The monoisotopic (exact) mass is 501 g/mol. The molecule has 0 radical (unpaired) electrons. The SMILES string of the molecule is C#Cc1cc2nc(C)nc(N[C@H](C)c3cccc(C(F)(F)C(C)(C)O)c3F)c2cc1OCCOCC. The number of alkyl halides is 2. The zero-order chi connectivity index (χ0) is 26.7. The van der Waals surface area contributed by atoms with E-state index in [0.29, 0.717) is 47.1 Å². The molecule has 0 saturated heterocycles. The van der Waals surface area contributed by atoms with Gasteiger partial charge in [0.1, 0.15) is 35.4 Å². The van der Waals surface area contributed by atoms with Crippen LogP contribution < -0.4 is 10.1 Å². The van der Waals surface area contributed by atoms with Gasteiger partial charge in [-0.25, -0.2) is 14.4 Å². The number of nitrogens with one attached hydrogen (secondary N) is 1. The minimum atomic E-state index is -3.80. The van der Waals surface area contributed by atoms with E-state index in [0.717, 1.165) is 19.9 Å². The molecule has 2 aromatic carbocycles. The lowest BCUT2D eigenvalue weighted by atomic mass is 9.91. The van der Waals surface area contributed by atoms with E-state index in [2.05, 4.69) is 21.2 Å². The van der Waals surface area contributed by atoms with Crippen molar-refractivity contribution >= 4 is 16.7 Å². The van der Waals surface area contributed by atoms with E-state index < -0.39 is 28.9 Å². The number of hydrogen-bond donors (Lipinski definition) is 2. The Morgan fingerprint density at radius 3 is 2.56 bits per heavy atom. The van der Waals surface area contributed by atoms with Gasteiger partial charge >= 0.3 is 5.92 Å². The van der Waals surface area contributed by atoms with Gasteiger partial charge in [-0.1, -0.05) is 18.1 Å². The summed E-state index contributed by atoms with van der Waals surface area (Å²) >= 11 is 0. The lowest BCUT2D eigenvalue weighted by molar-refractivity contribution is -0.170. The molecule has 0 fully saturated rings. The van der Waals surface area contributed by atoms with Crippen LogP contribution in [0.15, 0.2) is 30.3 Å². The highest BCUT2D eigenvalue weighted by atomic mass is 19.3. The molecule has 1 atom stereocenters. The number of aromatic nitrogens is 2. The molecule has 1 aromatic heterocycles. The Kier molecular flexibility index (Phi) is 8.12. The summed E-state index contributed by atoms with van der Waals surface area (Å²) in [7, 11) is 0. The predicted molar refractivity (Wildman–Crippen MR) is 133 cm³/mol. The highest BCUT2D eigenvalue weighted by Gasteiger charge is 2.49. The lowest BCUT2D eigenvalue weighted by Gasteiger charge is -2.30. The van der Waals surface area contributed by atoms with E-state index in [1.54, 1.807) is 26.0 Å². The first-order valence-corrected chi connectivity index (χ1v) is 11.6. The highest BCUT2D eigenvalue weighted by molar-refractivity contribution is 5.92. The summed E-state index contributed by atoms with van der Waals surface area (Å²) in [5.41, 5.74) is -2.28. The summed E-state index contributed by atoms with van der Waals surface area (Å²) < 4.78 is 55.9. The van der Waals surface area contributed by atoms with E-state index in [9.17, 15) is 13.9 Å². The van der Waals surface area contributed by atoms with Gasteiger partial charge in [-0.3, -0.25) is 0 Å². The van der Waals surface area contributed by atoms with Gasteiger partial charge < -0.3 is 19.9 Å². The molecule has 0 saturated carbocycles. The average molecular weight is 502 g/mol. The number of aliphatic hydroxyl groups is 1. The predicted octanol–water partition coefficient (Wildman–Crippen LogP) is 5.51. The molecule has 0 bridgehead atoms. The van der Waals surface area contributed by atoms with Crippen molar-refractivity contribution in [3.05, 3.63) is 58.7 Å². The van der Waals surface area contributed by atoms with E-state index >= 15 is 4.39 Å². The number of ether oxygens (including phenoxy) is 2. The number of halogens is 3. The van der Waals surface area contributed by atoms with Gasteiger partial charge in [-0.05, 0) is 52.8 Å². The summed E-state index contributed by atoms with van der Waals surface area (Å²) in [5, 5.41) is 13.6. The topological polar surface area (TPSA) is 76.5 Å². The summed E-state index contributed by atoms with van der Waals surface area (Å²) in [6.07, 6.45) is 5.66. The molecule has 2 N–H and O–H groups in total. The van der Waals surface area contributed by atoms with Crippen molar-refractivity contribution in [2.75, 3.05) is 25.1 Å². The fourth-order valence-corrected chi connectivity index (χ4v) is 3.71. The molecule has 3 aromatic rings. The van der Waals surface area contributed by atoms with Crippen molar-refractivity contribution in [1.29, 1.82) is 0 Å². The number of aryl methyl sites for hydroxylation is 1. The van der Waals surface area contributed by atoms with Crippen LogP contribution in [0.3, 0.4) is 0 Å². The first-order chi connectivity index (χ1) is 16.9. The third-order valence-corrected chi connectivity index (χ3v) is 5.71. The van der Waals surface area contributed by atoms with E-state index in [-0.39, 0.29) is 12.2 Å². The Bertz CT molecular complexity index is 1280. The van der Waals surface area contributed by atoms with Gasteiger partial charge in [-0.2, -0.15) is 8.78 Å². The van der Waals surface area contributed by atoms with Crippen molar-refractivity contribution in [3.63, 3.8) is 0 Å². The highest BCUT2D eigenvalue weighted by Crippen LogP contribution is 2.41. The molecule has 6 nitrogen and oxygen atoms in total. The van der Waals surface area contributed by atoms with Crippen LogP contribution in [-0.2, 0) is 10.7 Å². The third-order valence-electron chi connectivity index (χ3n) is 5.71. The molecular formula is C27H30F3N3O3. The summed E-state index contributed by atoms with van der Waals surface area (Å²) in [6, 6.07) is 6.35. The fourth-order valence-electron chi connectivity index (χ4n) is 3.71.